The number of urea groups is 2. The SMILES string of the molecule is CC(C)C(C(C)C)n1c2cc(C=C3C(=O)N(C)C(=O)N(C)C3=O)ccc2c2ccc(C=C3C(=O)N(C)C(=O)N(C)C3=O)cc21. The van der Waals surface area contributed by atoms with Crippen LogP contribution in [0.3, 0.4) is 0 Å². The Morgan fingerprint density at radius 3 is 1.14 bits per heavy atom. The van der Waals surface area contributed by atoms with Crippen molar-refractivity contribution in [1.29, 1.82) is 0 Å². The Kier molecular flexibility index (Phi) is 7.53. The molecule has 11 heteroatoms. The summed E-state index contributed by atoms with van der Waals surface area (Å²) in [5.41, 5.74) is 2.80. The van der Waals surface area contributed by atoms with Crippen LogP contribution < -0.4 is 0 Å². The van der Waals surface area contributed by atoms with Crippen LogP contribution in [0.15, 0.2) is 47.5 Å². The summed E-state index contributed by atoms with van der Waals surface area (Å²) in [5, 5.41) is 1.90. The fourth-order valence-electron chi connectivity index (χ4n) is 6.23. The van der Waals surface area contributed by atoms with Gasteiger partial charge in [0.05, 0.1) is 0 Å². The molecule has 0 bridgehead atoms. The number of amides is 8. The van der Waals surface area contributed by atoms with Gasteiger partial charge in [-0.1, -0.05) is 52.0 Å². The van der Waals surface area contributed by atoms with E-state index >= 15 is 0 Å². The molecule has 0 radical (unpaired) electrons. The Morgan fingerprint density at radius 1 is 0.523 bits per heavy atom. The van der Waals surface area contributed by atoms with Crippen molar-refractivity contribution in [3.05, 3.63) is 58.7 Å². The van der Waals surface area contributed by atoms with E-state index in [1.165, 1.54) is 40.3 Å². The number of fused-ring (bicyclic) bond motifs is 3. The number of hydrogen-bond acceptors (Lipinski definition) is 6. The average molecular weight is 598 g/mol. The minimum Gasteiger partial charge on any atom is -0.337 e. The Bertz CT molecular complexity index is 1680. The summed E-state index contributed by atoms with van der Waals surface area (Å²) in [6, 6.07) is 10.1. The largest absolute Gasteiger partial charge is 0.337 e. The zero-order valence-electron chi connectivity index (χ0n) is 26.0. The monoisotopic (exact) mass is 597 g/mol. The zero-order valence-corrected chi connectivity index (χ0v) is 26.0. The first kappa shape index (κ1) is 30.4. The first-order valence-electron chi connectivity index (χ1n) is 14.4. The van der Waals surface area contributed by atoms with Crippen LogP contribution in [-0.4, -0.2) is 88.0 Å². The number of carbonyl (C=O) groups excluding carboxylic acids is 6. The average Bonchev–Trinajstić information content (AvgIpc) is 3.29. The van der Waals surface area contributed by atoms with Crippen molar-refractivity contribution in [2.75, 3.05) is 28.2 Å². The summed E-state index contributed by atoms with van der Waals surface area (Å²) in [6.07, 6.45) is 3.02. The van der Waals surface area contributed by atoms with Gasteiger partial charge in [-0.2, -0.15) is 0 Å². The van der Waals surface area contributed by atoms with Gasteiger partial charge >= 0.3 is 12.1 Å². The number of barbiturate groups is 2. The van der Waals surface area contributed by atoms with E-state index in [2.05, 4.69) is 32.3 Å². The lowest BCUT2D eigenvalue weighted by atomic mass is 9.92. The molecule has 2 fully saturated rings. The van der Waals surface area contributed by atoms with E-state index in [-0.39, 0.29) is 29.0 Å². The molecule has 0 aliphatic carbocycles. The van der Waals surface area contributed by atoms with Gasteiger partial charge in [0.2, 0.25) is 0 Å². The number of rotatable bonds is 5. The lowest BCUT2D eigenvalue weighted by molar-refractivity contribution is -0.135. The smallest absolute Gasteiger partial charge is 0.333 e. The van der Waals surface area contributed by atoms with Gasteiger partial charge in [0, 0.05) is 56.0 Å². The molecular formula is C33H35N5O6. The molecule has 3 aromatic rings. The fourth-order valence-corrected chi connectivity index (χ4v) is 6.23. The Balaban J connectivity index is 1.73. The van der Waals surface area contributed by atoms with Crippen molar-refractivity contribution in [2.24, 2.45) is 11.8 Å². The molecule has 0 saturated carbocycles. The Labute approximate surface area is 254 Å². The molecule has 1 aromatic heterocycles. The van der Waals surface area contributed by atoms with Crippen LogP contribution in [0, 0.1) is 11.8 Å². The highest BCUT2D eigenvalue weighted by atomic mass is 16.2. The highest BCUT2D eigenvalue weighted by molar-refractivity contribution is 6.31. The van der Waals surface area contributed by atoms with Crippen LogP contribution in [0.25, 0.3) is 34.0 Å². The van der Waals surface area contributed by atoms with Gasteiger partial charge in [-0.05, 0) is 47.2 Å². The number of imide groups is 4. The van der Waals surface area contributed by atoms with Crippen molar-refractivity contribution in [1.82, 2.24) is 24.2 Å². The summed E-state index contributed by atoms with van der Waals surface area (Å²) in [7, 11) is 5.36. The predicted octanol–water partition coefficient (Wildman–Crippen LogP) is 4.52. The van der Waals surface area contributed by atoms with Gasteiger partial charge in [-0.25, -0.2) is 9.59 Å². The normalized spacial score (nSPS) is 16.8. The number of benzene rings is 2. The highest BCUT2D eigenvalue weighted by Gasteiger charge is 2.39. The van der Waals surface area contributed by atoms with Gasteiger partial charge in [-0.15, -0.1) is 0 Å². The molecule has 44 heavy (non-hydrogen) atoms. The molecule has 2 aliphatic rings. The lowest BCUT2D eigenvalue weighted by Gasteiger charge is -2.29. The molecule has 2 saturated heterocycles. The van der Waals surface area contributed by atoms with Crippen LogP contribution in [-0.2, 0) is 19.2 Å². The van der Waals surface area contributed by atoms with Gasteiger partial charge in [0.1, 0.15) is 11.1 Å². The van der Waals surface area contributed by atoms with E-state index in [4.69, 9.17) is 0 Å². The molecule has 0 spiro atoms. The number of hydrogen-bond donors (Lipinski definition) is 0. The second kappa shape index (κ2) is 10.9. The third-order valence-electron chi connectivity index (χ3n) is 8.43. The summed E-state index contributed by atoms with van der Waals surface area (Å²) >= 11 is 0. The summed E-state index contributed by atoms with van der Waals surface area (Å²) in [4.78, 5) is 79.6. The Hall–Kier alpha value is -5.06. The maximum absolute atomic E-state index is 12.9. The number of nitrogens with zero attached hydrogens (tertiary/aromatic N) is 5. The topological polar surface area (TPSA) is 120 Å². The van der Waals surface area contributed by atoms with E-state index in [1.54, 1.807) is 0 Å². The van der Waals surface area contributed by atoms with Crippen molar-refractivity contribution >= 4 is 69.6 Å². The molecule has 8 amide bonds. The summed E-state index contributed by atoms with van der Waals surface area (Å²) in [5.74, 6) is -2.20. The van der Waals surface area contributed by atoms with Crippen molar-refractivity contribution < 1.29 is 28.8 Å². The maximum atomic E-state index is 12.9. The van der Waals surface area contributed by atoms with Gasteiger partial charge in [-0.3, -0.25) is 38.8 Å². The highest BCUT2D eigenvalue weighted by Crippen LogP contribution is 2.39. The predicted molar refractivity (Wildman–Crippen MR) is 166 cm³/mol. The lowest BCUT2D eigenvalue weighted by Crippen LogP contribution is -2.52. The molecule has 2 aliphatic heterocycles. The maximum Gasteiger partial charge on any atom is 0.333 e. The van der Waals surface area contributed by atoms with E-state index < -0.39 is 35.7 Å². The third kappa shape index (κ3) is 4.68. The molecule has 5 rings (SSSR count). The standard InChI is InChI=1S/C33H35N5O6/c1-17(2)27(18(3)4)38-25-15-19(13-23-28(39)34(5)32(43)35(6)29(23)40)9-11-21(25)22-12-10-20(16-26(22)38)14-24-30(41)36(7)33(44)37(8)31(24)42/h9-18,27H,1-8H3. The number of likely N-dealkylation sites (N-methyl/N-ethyl adjacent to an activating group) is 4. The Morgan fingerprint density at radius 2 is 0.841 bits per heavy atom. The zero-order chi connectivity index (χ0) is 32.4. The first-order chi connectivity index (χ1) is 20.6. The van der Waals surface area contributed by atoms with Crippen LogP contribution in [0.4, 0.5) is 9.59 Å². The molecular weight excluding hydrogens is 562 g/mol. The number of carbonyl (C=O) groups is 6. The summed E-state index contributed by atoms with van der Waals surface area (Å²) in [6.45, 7) is 8.57. The molecule has 228 valence electrons. The third-order valence-corrected chi connectivity index (χ3v) is 8.43. The minimum atomic E-state index is -0.684. The van der Waals surface area contributed by atoms with E-state index in [1.807, 2.05) is 36.4 Å². The second-order valence-electron chi connectivity index (χ2n) is 12.0. The van der Waals surface area contributed by atoms with Crippen molar-refractivity contribution in [3.8, 4) is 0 Å². The van der Waals surface area contributed by atoms with Crippen LogP contribution in [0.2, 0.25) is 0 Å². The molecule has 11 nitrogen and oxygen atoms in total. The molecule has 0 N–H and O–H groups in total. The molecule has 0 unspecified atom stereocenters. The van der Waals surface area contributed by atoms with Crippen LogP contribution >= 0.6 is 0 Å². The van der Waals surface area contributed by atoms with Crippen molar-refractivity contribution in [2.45, 2.75) is 33.7 Å². The quantitative estimate of drug-likeness (QED) is 0.315. The second-order valence-corrected chi connectivity index (χ2v) is 12.0. The van der Waals surface area contributed by atoms with Crippen molar-refractivity contribution in [3.63, 3.8) is 0 Å². The molecule has 2 aromatic carbocycles. The first-order valence-corrected chi connectivity index (χ1v) is 14.4. The van der Waals surface area contributed by atoms with Gasteiger partial charge < -0.3 is 4.57 Å². The fraction of sp³-hybridized carbons (Fsp3) is 0.333. The molecule has 0 atom stereocenters. The molecule has 3 heterocycles. The minimum absolute atomic E-state index is 0.0430. The van der Waals surface area contributed by atoms with Crippen LogP contribution in [0.5, 0.6) is 0 Å². The van der Waals surface area contributed by atoms with E-state index in [0.717, 1.165) is 41.4 Å². The summed E-state index contributed by atoms with van der Waals surface area (Å²) < 4.78 is 2.24. The van der Waals surface area contributed by atoms with E-state index in [0.29, 0.717) is 11.1 Å². The number of aromatic nitrogens is 1. The van der Waals surface area contributed by atoms with Crippen LogP contribution in [0.1, 0.15) is 44.9 Å². The van der Waals surface area contributed by atoms with E-state index in [9.17, 15) is 28.8 Å². The van der Waals surface area contributed by atoms with Gasteiger partial charge in [0.25, 0.3) is 23.6 Å². The van der Waals surface area contributed by atoms with Gasteiger partial charge in [0.15, 0.2) is 0 Å².